The van der Waals surface area contributed by atoms with Crippen molar-refractivity contribution in [3.8, 4) is 0 Å². The lowest BCUT2D eigenvalue weighted by Gasteiger charge is -2.30. The molecule has 0 bridgehead atoms. The van der Waals surface area contributed by atoms with Crippen LogP contribution in [0.3, 0.4) is 0 Å². The molecule has 0 aromatic rings. The highest BCUT2D eigenvalue weighted by Crippen LogP contribution is 2.12. The molecule has 1 fully saturated rings. The average molecular weight is 158 g/mol. The van der Waals surface area contributed by atoms with Gasteiger partial charge in [0, 0.05) is 6.54 Å². The molecule has 0 aromatic heterocycles. The van der Waals surface area contributed by atoms with Crippen molar-refractivity contribution in [2.45, 2.75) is 18.7 Å². The molecule has 1 N–H and O–H groups in total. The van der Waals surface area contributed by atoms with E-state index in [1.807, 2.05) is 0 Å². The number of aliphatic hydroxyl groups excluding tert-OH is 1. The summed E-state index contributed by atoms with van der Waals surface area (Å²) < 4.78 is 12.6. The summed E-state index contributed by atoms with van der Waals surface area (Å²) in [4.78, 5) is 11.6. The number of carbonyl (C=O) groups is 1. The Bertz CT molecular complexity index is 147. The summed E-state index contributed by atoms with van der Waals surface area (Å²) in [6, 6.07) is 0. The van der Waals surface area contributed by atoms with Crippen molar-refractivity contribution in [3.63, 3.8) is 0 Å². The van der Waals surface area contributed by atoms with Crippen molar-refractivity contribution in [1.82, 2.24) is 4.81 Å². The molecule has 1 aliphatic rings. The van der Waals surface area contributed by atoms with Crippen molar-refractivity contribution in [2.24, 2.45) is 0 Å². The normalized spacial score (nSPS) is 33.3. The molecule has 61 valence electrons. The molecule has 1 heterocycles. The quantitative estimate of drug-likeness (QED) is 0.422. The molecule has 1 aliphatic heterocycles. The van der Waals surface area contributed by atoms with Gasteiger partial charge in [0.05, 0.1) is 12.3 Å². The summed E-state index contributed by atoms with van der Waals surface area (Å²) in [5.74, 6) is 0. The average Bonchev–Trinajstić information content (AvgIpc) is 1.98. The lowest BCUT2D eigenvalue weighted by molar-refractivity contribution is 0.0292. The fourth-order valence-corrected chi connectivity index (χ4v) is 1.15. The van der Waals surface area contributed by atoms with Gasteiger partial charge < -0.3 is 14.7 Å². The van der Waals surface area contributed by atoms with Crippen molar-refractivity contribution < 1.29 is 14.3 Å². The van der Waals surface area contributed by atoms with Gasteiger partial charge in [-0.2, -0.15) is 0 Å². The third kappa shape index (κ3) is 2.27. The Labute approximate surface area is 65.4 Å². The Hall–Kier alpha value is -0.415. The predicted molar refractivity (Wildman–Crippen MR) is 39.6 cm³/mol. The van der Waals surface area contributed by atoms with Gasteiger partial charge in [-0.15, -0.1) is 0 Å². The maximum absolute atomic E-state index is 12.6. The molecule has 1 rings (SSSR count). The minimum absolute atomic E-state index is 0.222. The van der Waals surface area contributed by atoms with Crippen LogP contribution in [0.1, 0.15) is 6.42 Å². The molecular weight excluding hydrogens is 148 g/mol. The number of halogens is 1. The van der Waals surface area contributed by atoms with Gasteiger partial charge >= 0.3 is 0 Å². The summed E-state index contributed by atoms with van der Waals surface area (Å²) in [5.41, 5.74) is 0. The van der Waals surface area contributed by atoms with Crippen LogP contribution in [0, 0.1) is 0 Å². The fraction of sp³-hybridized carbons (Fsp3) is 0.833. The minimum Gasteiger partial charge on any atom is -0.389 e. The largest absolute Gasteiger partial charge is 0.389 e. The zero-order valence-electron chi connectivity index (χ0n) is 6.11. The highest BCUT2D eigenvalue weighted by atomic mass is 19.1. The van der Waals surface area contributed by atoms with Crippen LogP contribution in [-0.2, 0) is 4.79 Å². The van der Waals surface area contributed by atoms with E-state index in [-0.39, 0.29) is 6.54 Å². The second-order valence-corrected chi connectivity index (χ2v) is 2.65. The number of aliphatic hydroxyl groups is 1. The van der Waals surface area contributed by atoms with Crippen LogP contribution in [-0.4, -0.2) is 48.9 Å². The summed E-state index contributed by atoms with van der Waals surface area (Å²) >= 11 is 0. The molecule has 1 saturated heterocycles. The highest BCUT2D eigenvalue weighted by molar-refractivity contribution is 6.64. The third-order valence-corrected chi connectivity index (χ3v) is 1.80. The summed E-state index contributed by atoms with van der Waals surface area (Å²) in [7, 11) is 1.33. The number of nitrogens with zero attached hydrogens (tertiary/aromatic N) is 1. The fourth-order valence-electron chi connectivity index (χ4n) is 1.15. The van der Waals surface area contributed by atoms with E-state index in [2.05, 4.69) is 0 Å². The number of β-amino-alcohol motifs (C(OH)–C–C–N with tert-alkyl or cyclic N) is 1. The van der Waals surface area contributed by atoms with Gasteiger partial charge in [-0.25, -0.2) is 4.39 Å². The molecule has 2 atom stereocenters. The van der Waals surface area contributed by atoms with E-state index in [1.165, 1.54) is 7.41 Å². The zero-order valence-corrected chi connectivity index (χ0v) is 6.11. The zero-order chi connectivity index (χ0) is 8.27. The van der Waals surface area contributed by atoms with E-state index >= 15 is 0 Å². The van der Waals surface area contributed by atoms with Crippen LogP contribution in [0.4, 0.5) is 4.39 Å². The Morgan fingerprint density at radius 3 is 3.00 bits per heavy atom. The van der Waals surface area contributed by atoms with Crippen LogP contribution in [0.2, 0.25) is 0 Å². The number of carbonyl (C=O) groups excluding carboxylic acids is 1. The summed E-state index contributed by atoms with van der Waals surface area (Å²) in [6.07, 6.45) is -1.14. The Morgan fingerprint density at radius 2 is 2.45 bits per heavy atom. The standard InChI is InChI=1S/C6H10BFNO2/c8-5-1-2-9(7-4-10)3-6(5)11/h4-6,11H,1-3H2/t5-,6-/m0/s1. The topological polar surface area (TPSA) is 40.5 Å². The van der Waals surface area contributed by atoms with Crippen LogP contribution in [0.25, 0.3) is 0 Å². The van der Waals surface area contributed by atoms with Crippen LogP contribution >= 0.6 is 0 Å². The molecule has 11 heavy (non-hydrogen) atoms. The molecule has 1 radical (unpaired) electrons. The lowest BCUT2D eigenvalue weighted by Crippen LogP contribution is -2.46. The van der Waals surface area contributed by atoms with E-state index < -0.39 is 12.3 Å². The Kier molecular flexibility index (Phi) is 3.02. The monoisotopic (exact) mass is 158 g/mol. The molecular formula is C6H10BFNO2. The minimum atomic E-state index is -1.13. The van der Waals surface area contributed by atoms with Crippen LogP contribution in [0.5, 0.6) is 0 Å². The summed E-state index contributed by atoms with van der Waals surface area (Å²) in [6.45, 7) is 0.733. The van der Waals surface area contributed by atoms with Gasteiger partial charge in [-0.05, 0) is 13.0 Å². The second kappa shape index (κ2) is 3.83. The van der Waals surface area contributed by atoms with E-state index in [4.69, 9.17) is 5.11 Å². The van der Waals surface area contributed by atoms with E-state index in [0.717, 1.165) is 0 Å². The molecule has 0 unspecified atom stereocenters. The smallest absolute Gasteiger partial charge is 0.293 e. The SMILES string of the molecule is O=C[B]N1CC[C@H](F)[C@@H](O)C1. The maximum atomic E-state index is 12.6. The Morgan fingerprint density at radius 1 is 1.73 bits per heavy atom. The summed E-state index contributed by atoms with van der Waals surface area (Å²) in [5, 5.41) is 9.02. The first kappa shape index (κ1) is 8.68. The third-order valence-electron chi connectivity index (χ3n) is 1.80. The molecule has 0 spiro atoms. The predicted octanol–water partition coefficient (Wildman–Crippen LogP) is -0.800. The van der Waals surface area contributed by atoms with E-state index in [9.17, 15) is 9.18 Å². The highest BCUT2D eigenvalue weighted by Gasteiger charge is 2.26. The van der Waals surface area contributed by atoms with E-state index in [1.54, 1.807) is 4.81 Å². The number of rotatable bonds is 2. The van der Waals surface area contributed by atoms with Gasteiger partial charge in [0.25, 0.3) is 7.41 Å². The first-order valence-electron chi connectivity index (χ1n) is 3.59. The molecule has 0 amide bonds. The number of piperidine rings is 1. The van der Waals surface area contributed by atoms with Gasteiger partial charge in [0.2, 0.25) is 0 Å². The first-order valence-corrected chi connectivity index (χ1v) is 3.59. The molecule has 3 nitrogen and oxygen atoms in total. The van der Waals surface area contributed by atoms with Crippen molar-refractivity contribution in [1.29, 1.82) is 0 Å². The molecule has 0 aliphatic carbocycles. The molecule has 0 aromatic carbocycles. The van der Waals surface area contributed by atoms with Crippen LogP contribution in [0.15, 0.2) is 0 Å². The van der Waals surface area contributed by atoms with Gasteiger partial charge in [0.15, 0.2) is 0 Å². The number of hydrogen-bond acceptors (Lipinski definition) is 3. The number of hydrogen-bond donors (Lipinski definition) is 1. The first-order chi connectivity index (χ1) is 5.24. The maximum Gasteiger partial charge on any atom is 0.293 e. The van der Waals surface area contributed by atoms with Crippen LogP contribution < -0.4 is 0 Å². The Balaban J connectivity index is 2.33. The molecule has 5 heteroatoms. The second-order valence-electron chi connectivity index (χ2n) is 2.65. The molecule has 0 saturated carbocycles. The van der Waals surface area contributed by atoms with E-state index in [0.29, 0.717) is 19.2 Å². The van der Waals surface area contributed by atoms with Gasteiger partial charge in [-0.1, -0.05) is 0 Å². The number of alkyl halides is 1. The van der Waals surface area contributed by atoms with Gasteiger partial charge in [0.1, 0.15) is 6.17 Å². The van der Waals surface area contributed by atoms with Gasteiger partial charge in [-0.3, -0.25) is 0 Å². The van der Waals surface area contributed by atoms with Crippen molar-refractivity contribution >= 4 is 13.6 Å². The van der Waals surface area contributed by atoms with Crippen molar-refractivity contribution in [2.75, 3.05) is 13.1 Å². The lowest BCUT2D eigenvalue weighted by atomic mass is 9.90. The van der Waals surface area contributed by atoms with Crippen molar-refractivity contribution in [3.05, 3.63) is 0 Å².